The molecular weight excluding hydrogens is 420 g/mol. The zero-order valence-electron chi connectivity index (χ0n) is 19.5. The number of carbonyl (C=O) groups is 2. The Hall–Kier alpha value is -3.44. The lowest BCUT2D eigenvalue weighted by Crippen LogP contribution is -2.50. The maximum absolute atomic E-state index is 13.5. The molecule has 0 radical (unpaired) electrons. The van der Waals surface area contributed by atoms with Gasteiger partial charge in [-0.25, -0.2) is 4.98 Å². The number of aliphatic hydroxyl groups excluding tert-OH is 1. The van der Waals surface area contributed by atoms with E-state index < -0.39 is 0 Å². The van der Waals surface area contributed by atoms with Crippen LogP contribution in [-0.2, 0) is 4.79 Å². The van der Waals surface area contributed by atoms with E-state index in [9.17, 15) is 14.7 Å². The standard InChI is InChI=1S/C25H30N4O4/c1-5-23(31)28(4)14-22-16(2)13-29(17(3)15-30)25(32)21-10-20(12-27-24(21)33-22)19-8-6-18(11-26)7-9-19/h6-10,12,16-17,22,30H,5,13-15H2,1-4H3/t16-,17-,22+/m1/s1. The number of likely N-dealkylation sites (N-methyl/N-ethyl adjacent to an activating group) is 1. The number of hydrogen-bond acceptors (Lipinski definition) is 6. The number of nitrogens with zero attached hydrogens (tertiary/aromatic N) is 4. The third kappa shape index (κ3) is 5.32. The van der Waals surface area contributed by atoms with Gasteiger partial charge >= 0.3 is 0 Å². The molecule has 1 aromatic carbocycles. The Kier molecular flexibility index (Phi) is 7.67. The molecule has 0 fully saturated rings. The van der Waals surface area contributed by atoms with Crippen LogP contribution in [0.3, 0.4) is 0 Å². The van der Waals surface area contributed by atoms with Crippen LogP contribution in [0.15, 0.2) is 36.5 Å². The first kappa shape index (κ1) is 24.2. The molecule has 0 saturated carbocycles. The first-order valence-electron chi connectivity index (χ1n) is 11.1. The lowest BCUT2D eigenvalue weighted by Gasteiger charge is -2.37. The number of nitriles is 1. The predicted molar refractivity (Wildman–Crippen MR) is 123 cm³/mol. The maximum Gasteiger partial charge on any atom is 0.259 e. The van der Waals surface area contributed by atoms with Gasteiger partial charge in [-0.3, -0.25) is 9.59 Å². The molecule has 0 spiro atoms. The van der Waals surface area contributed by atoms with Crippen LogP contribution in [0.5, 0.6) is 5.88 Å². The van der Waals surface area contributed by atoms with Gasteiger partial charge in [0.25, 0.3) is 5.91 Å². The molecule has 2 aromatic rings. The summed E-state index contributed by atoms with van der Waals surface area (Å²) in [5, 5.41) is 18.8. The average Bonchev–Trinajstić information content (AvgIpc) is 2.84. The van der Waals surface area contributed by atoms with Crippen molar-refractivity contribution >= 4 is 11.8 Å². The zero-order chi connectivity index (χ0) is 24.1. The molecule has 33 heavy (non-hydrogen) atoms. The summed E-state index contributed by atoms with van der Waals surface area (Å²) < 4.78 is 6.22. The summed E-state index contributed by atoms with van der Waals surface area (Å²) in [6.07, 6.45) is 1.66. The highest BCUT2D eigenvalue weighted by Gasteiger charge is 2.34. The van der Waals surface area contributed by atoms with Gasteiger partial charge in [0.15, 0.2) is 0 Å². The van der Waals surface area contributed by atoms with E-state index in [-0.39, 0.29) is 42.4 Å². The fraction of sp³-hybridized carbons (Fsp3) is 0.440. The second-order valence-electron chi connectivity index (χ2n) is 8.52. The van der Waals surface area contributed by atoms with E-state index in [1.165, 1.54) is 0 Å². The molecule has 2 amide bonds. The number of rotatable bonds is 6. The summed E-state index contributed by atoms with van der Waals surface area (Å²) in [7, 11) is 1.74. The normalized spacial score (nSPS) is 18.9. The predicted octanol–water partition coefficient (Wildman–Crippen LogP) is 2.71. The number of benzene rings is 1. The molecule has 3 rings (SSSR count). The van der Waals surface area contributed by atoms with Crippen LogP contribution >= 0.6 is 0 Å². The van der Waals surface area contributed by atoms with Gasteiger partial charge in [0.05, 0.1) is 30.8 Å². The summed E-state index contributed by atoms with van der Waals surface area (Å²) in [6, 6.07) is 10.5. The summed E-state index contributed by atoms with van der Waals surface area (Å²) in [5.41, 5.74) is 2.38. The Morgan fingerprint density at radius 3 is 2.67 bits per heavy atom. The van der Waals surface area contributed by atoms with Crippen molar-refractivity contribution in [1.29, 1.82) is 5.26 Å². The van der Waals surface area contributed by atoms with Crippen molar-refractivity contribution in [3.63, 3.8) is 0 Å². The highest BCUT2D eigenvalue weighted by molar-refractivity contribution is 5.98. The Morgan fingerprint density at radius 2 is 2.06 bits per heavy atom. The average molecular weight is 451 g/mol. The summed E-state index contributed by atoms with van der Waals surface area (Å²) in [4.78, 5) is 33.4. The molecule has 1 aliphatic heterocycles. The van der Waals surface area contributed by atoms with Crippen LogP contribution in [0.25, 0.3) is 11.1 Å². The van der Waals surface area contributed by atoms with Crippen LogP contribution in [0, 0.1) is 17.2 Å². The topological polar surface area (TPSA) is 107 Å². The Balaban J connectivity index is 2.03. The number of hydrogen-bond donors (Lipinski definition) is 1. The smallest absolute Gasteiger partial charge is 0.259 e. The van der Waals surface area contributed by atoms with Gasteiger partial charge < -0.3 is 19.6 Å². The molecule has 8 nitrogen and oxygen atoms in total. The van der Waals surface area contributed by atoms with Gasteiger partial charge in [0.2, 0.25) is 11.8 Å². The molecular formula is C25H30N4O4. The Bertz CT molecular complexity index is 1050. The van der Waals surface area contributed by atoms with Gasteiger partial charge in [0, 0.05) is 37.7 Å². The van der Waals surface area contributed by atoms with Crippen LogP contribution < -0.4 is 4.74 Å². The zero-order valence-corrected chi connectivity index (χ0v) is 19.5. The first-order valence-corrected chi connectivity index (χ1v) is 11.1. The molecule has 0 bridgehead atoms. The minimum atomic E-state index is -0.389. The van der Waals surface area contributed by atoms with Crippen LogP contribution in [0.1, 0.15) is 43.1 Å². The van der Waals surface area contributed by atoms with Crippen molar-refractivity contribution in [1.82, 2.24) is 14.8 Å². The van der Waals surface area contributed by atoms with Gasteiger partial charge in [-0.2, -0.15) is 5.26 Å². The monoisotopic (exact) mass is 450 g/mol. The van der Waals surface area contributed by atoms with E-state index in [4.69, 9.17) is 10.00 Å². The molecule has 0 saturated heterocycles. The molecule has 0 aliphatic carbocycles. The number of pyridine rings is 1. The maximum atomic E-state index is 13.5. The highest BCUT2D eigenvalue weighted by Crippen LogP contribution is 2.30. The molecule has 0 unspecified atom stereocenters. The van der Waals surface area contributed by atoms with Crippen molar-refractivity contribution in [2.24, 2.45) is 5.92 Å². The van der Waals surface area contributed by atoms with Crippen LogP contribution in [-0.4, -0.2) is 70.6 Å². The summed E-state index contributed by atoms with van der Waals surface area (Å²) in [5.74, 6) is -0.142. The van der Waals surface area contributed by atoms with E-state index in [0.717, 1.165) is 11.1 Å². The molecule has 1 aromatic heterocycles. The number of ether oxygens (including phenoxy) is 1. The molecule has 1 aliphatic rings. The number of fused-ring (bicyclic) bond motifs is 1. The van der Waals surface area contributed by atoms with Gasteiger partial charge in [-0.15, -0.1) is 0 Å². The van der Waals surface area contributed by atoms with Gasteiger partial charge in [-0.05, 0) is 30.7 Å². The van der Waals surface area contributed by atoms with Gasteiger partial charge in [-0.1, -0.05) is 26.0 Å². The van der Waals surface area contributed by atoms with E-state index in [0.29, 0.717) is 30.6 Å². The summed E-state index contributed by atoms with van der Waals surface area (Å²) in [6.45, 7) is 6.14. The quantitative estimate of drug-likeness (QED) is 0.725. The number of aliphatic hydroxyl groups is 1. The lowest BCUT2D eigenvalue weighted by molar-refractivity contribution is -0.131. The van der Waals surface area contributed by atoms with Gasteiger partial charge in [0.1, 0.15) is 11.7 Å². The van der Waals surface area contributed by atoms with Crippen molar-refractivity contribution in [3.05, 3.63) is 47.7 Å². The molecule has 1 N–H and O–H groups in total. The van der Waals surface area contributed by atoms with E-state index in [1.807, 2.05) is 13.8 Å². The largest absolute Gasteiger partial charge is 0.472 e. The highest BCUT2D eigenvalue weighted by atomic mass is 16.5. The lowest BCUT2D eigenvalue weighted by atomic mass is 9.99. The molecule has 3 atom stereocenters. The first-order chi connectivity index (χ1) is 15.8. The second-order valence-corrected chi connectivity index (χ2v) is 8.52. The molecule has 174 valence electrons. The van der Waals surface area contributed by atoms with Crippen LogP contribution in [0.4, 0.5) is 0 Å². The fourth-order valence-corrected chi connectivity index (χ4v) is 3.86. The van der Waals surface area contributed by atoms with Crippen molar-refractivity contribution in [2.75, 3.05) is 26.7 Å². The molecule has 8 heteroatoms. The van der Waals surface area contributed by atoms with E-state index in [2.05, 4.69) is 11.1 Å². The Morgan fingerprint density at radius 1 is 1.36 bits per heavy atom. The third-order valence-electron chi connectivity index (χ3n) is 6.05. The minimum absolute atomic E-state index is 0.00821. The van der Waals surface area contributed by atoms with Crippen LogP contribution in [0.2, 0.25) is 0 Å². The summed E-state index contributed by atoms with van der Waals surface area (Å²) >= 11 is 0. The number of aromatic nitrogens is 1. The number of carbonyl (C=O) groups excluding carboxylic acids is 2. The SMILES string of the molecule is CCC(=O)N(C)C[C@@H]1Oc2ncc(-c3ccc(C#N)cc3)cc2C(=O)N([C@H](C)CO)C[C@H]1C. The third-order valence-corrected chi connectivity index (χ3v) is 6.05. The second kappa shape index (κ2) is 10.5. The fourth-order valence-electron chi connectivity index (χ4n) is 3.86. The Labute approximate surface area is 194 Å². The van der Waals surface area contributed by atoms with E-state index in [1.54, 1.807) is 60.3 Å². The number of amides is 2. The molecule has 2 heterocycles. The van der Waals surface area contributed by atoms with Crippen molar-refractivity contribution < 1.29 is 19.4 Å². The van der Waals surface area contributed by atoms with E-state index >= 15 is 0 Å². The minimum Gasteiger partial charge on any atom is -0.472 e. The van der Waals surface area contributed by atoms with Crippen molar-refractivity contribution in [3.8, 4) is 23.1 Å². The van der Waals surface area contributed by atoms with Crippen molar-refractivity contribution in [2.45, 2.75) is 39.3 Å².